The van der Waals surface area contributed by atoms with Gasteiger partial charge >= 0.3 is 0 Å². The molecular formula is C9H16O2. The number of hydrogen-bond donors (Lipinski definition) is 1. The average Bonchev–Trinajstić information content (AvgIpc) is 1.87. The van der Waals surface area contributed by atoms with Crippen LogP contribution in [-0.2, 0) is 4.79 Å². The zero-order chi connectivity index (χ0) is 8.74. The van der Waals surface area contributed by atoms with Crippen LogP contribution in [0, 0.1) is 0 Å². The Morgan fingerprint density at radius 3 is 2.64 bits per heavy atom. The molecule has 1 N–H and O–H groups in total. The van der Waals surface area contributed by atoms with Crippen LogP contribution in [0.1, 0.15) is 33.1 Å². The van der Waals surface area contributed by atoms with Crippen molar-refractivity contribution in [1.82, 2.24) is 0 Å². The van der Waals surface area contributed by atoms with Gasteiger partial charge in [-0.15, -0.1) is 0 Å². The van der Waals surface area contributed by atoms with E-state index >= 15 is 0 Å². The maximum Gasteiger partial charge on any atom is 0.142 e. The Morgan fingerprint density at radius 1 is 1.55 bits per heavy atom. The van der Waals surface area contributed by atoms with Gasteiger partial charge < -0.3 is 5.11 Å². The predicted octanol–water partition coefficient (Wildman–Crippen LogP) is 1.68. The minimum atomic E-state index is -0.645. The van der Waals surface area contributed by atoms with E-state index in [2.05, 4.69) is 0 Å². The zero-order valence-corrected chi connectivity index (χ0v) is 7.21. The first-order chi connectivity index (χ1) is 5.12. The third kappa shape index (κ3) is 5.80. The summed E-state index contributed by atoms with van der Waals surface area (Å²) in [7, 11) is 0. The topological polar surface area (TPSA) is 37.3 Å². The molecule has 0 amide bonds. The van der Waals surface area contributed by atoms with Gasteiger partial charge in [-0.2, -0.15) is 0 Å². The standard InChI is InChI=1S/C9H16O2/c1-3-6-9(2,11)7-4-5-8-10/h4-5,8,11H,3,6-7H2,1-2H3/b5-4+. The molecule has 0 aliphatic carbocycles. The molecule has 0 bridgehead atoms. The number of aldehydes is 1. The minimum Gasteiger partial charge on any atom is -0.390 e. The lowest BCUT2D eigenvalue weighted by molar-refractivity contribution is -0.104. The first-order valence-electron chi connectivity index (χ1n) is 3.95. The summed E-state index contributed by atoms with van der Waals surface area (Å²) in [4.78, 5) is 9.88. The van der Waals surface area contributed by atoms with Gasteiger partial charge in [0.25, 0.3) is 0 Å². The molecule has 2 nitrogen and oxygen atoms in total. The number of carbonyl (C=O) groups is 1. The Hall–Kier alpha value is -0.630. The largest absolute Gasteiger partial charge is 0.390 e. The molecule has 0 spiro atoms. The van der Waals surface area contributed by atoms with Gasteiger partial charge in [0.2, 0.25) is 0 Å². The molecule has 1 atom stereocenters. The number of allylic oxidation sites excluding steroid dienone is 1. The highest BCUT2D eigenvalue weighted by molar-refractivity contribution is 5.64. The highest BCUT2D eigenvalue weighted by Crippen LogP contribution is 2.16. The van der Waals surface area contributed by atoms with Gasteiger partial charge in [0.15, 0.2) is 0 Å². The normalized spacial score (nSPS) is 16.6. The molecule has 0 aromatic carbocycles. The molecular weight excluding hydrogens is 140 g/mol. The van der Waals surface area contributed by atoms with Crippen molar-refractivity contribution in [2.24, 2.45) is 0 Å². The summed E-state index contributed by atoms with van der Waals surface area (Å²) >= 11 is 0. The molecule has 2 heteroatoms. The molecule has 0 aliphatic heterocycles. The van der Waals surface area contributed by atoms with E-state index in [1.54, 1.807) is 13.0 Å². The smallest absolute Gasteiger partial charge is 0.142 e. The lowest BCUT2D eigenvalue weighted by atomic mass is 9.96. The highest BCUT2D eigenvalue weighted by atomic mass is 16.3. The van der Waals surface area contributed by atoms with E-state index in [1.165, 1.54) is 6.08 Å². The fraction of sp³-hybridized carbons (Fsp3) is 0.667. The summed E-state index contributed by atoms with van der Waals surface area (Å²) in [5, 5.41) is 9.57. The molecule has 0 aromatic heterocycles. The second-order valence-electron chi connectivity index (χ2n) is 3.02. The number of rotatable bonds is 5. The third-order valence-electron chi connectivity index (χ3n) is 1.56. The van der Waals surface area contributed by atoms with Crippen LogP contribution < -0.4 is 0 Å². The zero-order valence-electron chi connectivity index (χ0n) is 7.21. The SMILES string of the molecule is CCCC(C)(O)C/C=C/C=O. The maximum absolute atomic E-state index is 9.88. The van der Waals surface area contributed by atoms with E-state index in [4.69, 9.17) is 0 Å². The van der Waals surface area contributed by atoms with Crippen LogP contribution in [0.3, 0.4) is 0 Å². The van der Waals surface area contributed by atoms with Crippen LogP contribution in [0.5, 0.6) is 0 Å². The van der Waals surface area contributed by atoms with Crippen LogP contribution in [0.4, 0.5) is 0 Å². The molecule has 0 radical (unpaired) electrons. The summed E-state index contributed by atoms with van der Waals surface area (Å²) in [6.45, 7) is 3.81. The van der Waals surface area contributed by atoms with Crippen molar-refractivity contribution in [3.63, 3.8) is 0 Å². The Balaban J connectivity index is 3.71. The number of carbonyl (C=O) groups excluding carboxylic acids is 1. The first kappa shape index (κ1) is 10.4. The van der Waals surface area contributed by atoms with Crippen molar-refractivity contribution in [1.29, 1.82) is 0 Å². The minimum absolute atomic E-state index is 0.555. The highest BCUT2D eigenvalue weighted by Gasteiger charge is 2.15. The van der Waals surface area contributed by atoms with Gasteiger partial charge in [-0.25, -0.2) is 0 Å². The van der Waals surface area contributed by atoms with Gasteiger partial charge in [0.05, 0.1) is 5.60 Å². The van der Waals surface area contributed by atoms with Gasteiger partial charge in [0, 0.05) is 0 Å². The Morgan fingerprint density at radius 2 is 2.18 bits per heavy atom. The van der Waals surface area contributed by atoms with Gasteiger partial charge in [0.1, 0.15) is 6.29 Å². The van der Waals surface area contributed by atoms with Crippen molar-refractivity contribution in [2.45, 2.75) is 38.7 Å². The van der Waals surface area contributed by atoms with Crippen molar-refractivity contribution in [2.75, 3.05) is 0 Å². The van der Waals surface area contributed by atoms with Gasteiger partial charge in [-0.1, -0.05) is 19.4 Å². The van der Waals surface area contributed by atoms with Gasteiger partial charge in [-0.3, -0.25) is 4.79 Å². The van der Waals surface area contributed by atoms with Crippen LogP contribution in [0.25, 0.3) is 0 Å². The van der Waals surface area contributed by atoms with Crippen molar-refractivity contribution in [3.8, 4) is 0 Å². The fourth-order valence-corrected chi connectivity index (χ4v) is 1.02. The lowest BCUT2D eigenvalue weighted by Gasteiger charge is -2.19. The monoisotopic (exact) mass is 156 g/mol. The fourth-order valence-electron chi connectivity index (χ4n) is 1.02. The van der Waals surface area contributed by atoms with Gasteiger partial charge in [-0.05, 0) is 25.8 Å². The third-order valence-corrected chi connectivity index (χ3v) is 1.56. The molecule has 11 heavy (non-hydrogen) atoms. The summed E-state index contributed by atoms with van der Waals surface area (Å²) in [5.41, 5.74) is -0.645. The van der Waals surface area contributed by atoms with E-state index in [-0.39, 0.29) is 0 Å². The number of aliphatic hydroxyl groups is 1. The van der Waals surface area contributed by atoms with Crippen molar-refractivity contribution >= 4 is 6.29 Å². The molecule has 0 aromatic rings. The molecule has 0 saturated carbocycles. The lowest BCUT2D eigenvalue weighted by Crippen LogP contribution is -2.22. The summed E-state index contributed by atoms with van der Waals surface area (Å²) in [5.74, 6) is 0. The molecule has 0 fully saturated rings. The predicted molar refractivity (Wildman–Crippen MR) is 45.4 cm³/mol. The number of hydrogen-bond acceptors (Lipinski definition) is 2. The van der Waals surface area contributed by atoms with Crippen LogP contribution in [0.2, 0.25) is 0 Å². The van der Waals surface area contributed by atoms with E-state index in [0.29, 0.717) is 6.42 Å². The summed E-state index contributed by atoms with van der Waals surface area (Å²) < 4.78 is 0. The second-order valence-corrected chi connectivity index (χ2v) is 3.02. The van der Waals surface area contributed by atoms with Crippen LogP contribution in [-0.4, -0.2) is 17.0 Å². The van der Waals surface area contributed by atoms with Crippen LogP contribution in [0.15, 0.2) is 12.2 Å². The Labute approximate surface area is 67.9 Å². The quantitative estimate of drug-likeness (QED) is 0.485. The van der Waals surface area contributed by atoms with Crippen molar-refractivity contribution < 1.29 is 9.90 Å². The molecule has 0 saturated heterocycles. The van der Waals surface area contributed by atoms with E-state index in [0.717, 1.165) is 19.1 Å². The Kier molecular flexibility index (Phi) is 4.79. The molecule has 0 rings (SSSR count). The molecule has 64 valence electrons. The van der Waals surface area contributed by atoms with E-state index < -0.39 is 5.60 Å². The van der Waals surface area contributed by atoms with Crippen molar-refractivity contribution in [3.05, 3.63) is 12.2 Å². The molecule has 1 unspecified atom stereocenters. The maximum atomic E-state index is 9.88. The van der Waals surface area contributed by atoms with E-state index in [1.807, 2.05) is 6.92 Å². The first-order valence-corrected chi connectivity index (χ1v) is 3.95. The molecule has 0 heterocycles. The second kappa shape index (κ2) is 5.08. The van der Waals surface area contributed by atoms with Crippen LogP contribution >= 0.6 is 0 Å². The summed E-state index contributed by atoms with van der Waals surface area (Å²) in [6.07, 6.45) is 6.13. The van der Waals surface area contributed by atoms with E-state index in [9.17, 15) is 9.90 Å². The summed E-state index contributed by atoms with van der Waals surface area (Å²) in [6, 6.07) is 0. The Bertz CT molecular complexity index is 136. The molecule has 0 aliphatic rings. The average molecular weight is 156 g/mol.